The summed E-state index contributed by atoms with van der Waals surface area (Å²) in [6, 6.07) is 0. The van der Waals surface area contributed by atoms with Crippen molar-refractivity contribution in [2.75, 3.05) is 39.6 Å². The van der Waals surface area contributed by atoms with Gasteiger partial charge in [-0.25, -0.2) is 9.13 Å². The molecule has 0 heterocycles. The molecule has 97 heavy (non-hydrogen) atoms. The van der Waals surface area contributed by atoms with Crippen molar-refractivity contribution in [2.45, 2.75) is 414 Å². The molecule has 3 N–H and O–H groups in total. The molecule has 0 saturated carbocycles. The molecule has 0 aliphatic rings. The van der Waals surface area contributed by atoms with Crippen molar-refractivity contribution in [1.82, 2.24) is 0 Å². The van der Waals surface area contributed by atoms with Crippen LogP contribution < -0.4 is 0 Å². The van der Waals surface area contributed by atoms with E-state index in [-0.39, 0.29) is 25.7 Å². The monoisotopic (exact) mass is 1420 g/mol. The Hall–Kier alpha value is -1.94. The molecule has 0 radical (unpaired) electrons. The summed E-state index contributed by atoms with van der Waals surface area (Å²) in [6.45, 7) is 14.2. The first-order valence-electron chi connectivity index (χ1n) is 40.3. The van der Waals surface area contributed by atoms with Crippen molar-refractivity contribution in [3.8, 4) is 0 Å². The number of phosphoric ester groups is 2. The van der Waals surface area contributed by atoms with E-state index in [1.807, 2.05) is 0 Å². The van der Waals surface area contributed by atoms with E-state index in [2.05, 4.69) is 55.4 Å². The first-order valence-corrected chi connectivity index (χ1v) is 43.3. The molecule has 17 nitrogen and oxygen atoms in total. The highest BCUT2D eigenvalue weighted by atomic mass is 31.2. The average molecular weight is 1420 g/mol. The summed E-state index contributed by atoms with van der Waals surface area (Å²) >= 11 is 0. The fourth-order valence-electron chi connectivity index (χ4n) is 11.8. The molecule has 0 saturated heterocycles. The zero-order chi connectivity index (χ0) is 71.7. The molecule has 0 rings (SSSR count). The van der Waals surface area contributed by atoms with Crippen LogP contribution in [-0.4, -0.2) is 96.7 Å². The fourth-order valence-corrected chi connectivity index (χ4v) is 13.4. The first kappa shape index (κ1) is 95.1. The Morgan fingerprint density at radius 2 is 0.495 bits per heavy atom. The molecule has 19 heteroatoms. The second-order valence-corrected chi connectivity index (χ2v) is 32.4. The number of hydrogen-bond donors (Lipinski definition) is 3. The van der Waals surface area contributed by atoms with Gasteiger partial charge in [-0.2, -0.15) is 0 Å². The van der Waals surface area contributed by atoms with E-state index in [1.165, 1.54) is 193 Å². The number of unbranched alkanes of at least 4 members (excludes halogenated alkanes) is 39. The Bertz CT molecular complexity index is 1910. The van der Waals surface area contributed by atoms with Crippen molar-refractivity contribution in [1.29, 1.82) is 0 Å². The third-order valence-corrected chi connectivity index (χ3v) is 20.7. The van der Waals surface area contributed by atoms with Gasteiger partial charge in [-0.1, -0.05) is 344 Å². The highest BCUT2D eigenvalue weighted by Crippen LogP contribution is 2.45. The van der Waals surface area contributed by atoms with Crippen molar-refractivity contribution >= 4 is 39.5 Å². The van der Waals surface area contributed by atoms with E-state index in [1.54, 1.807) is 0 Å². The van der Waals surface area contributed by atoms with E-state index in [4.69, 9.17) is 37.0 Å². The van der Waals surface area contributed by atoms with Gasteiger partial charge in [0.05, 0.1) is 26.4 Å². The molecule has 0 aromatic heterocycles. The van der Waals surface area contributed by atoms with Crippen LogP contribution in [0.1, 0.15) is 396 Å². The molecule has 0 spiro atoms. The summed E-state index contributed by atoms with van der Waals surface area (Å²) in [6.07, 6.45) is 52.6. The molecule has 0 bridgehead atoms. The Morgan fingerprint density at radius 3 is 0.732 bits per heavy atom. The van der Waals surface area contributed by atoms with Crippen molar-refractivity contribution in [3.05, 3.63) is 0 Å². The lowest BCUT2D eigenvalue weighted by Gasteiger charge is -2.21. The number of aliphatic hydroxyl groups excluding tert-OH is 1. The number of ether oxygens (including phenoxy) is 4. The quantitative estimate of drug-likeness (QED) is 0.0222. The third-order valence-electron chi connectivity index (χ3n) is 18.8. The average Bonchev–Trinajstić information content (AvgIpc) is 1.63. The lowest BCUT2D eigenvalue weighted by molar-refractivity contribution is -0.161. The van der Waals surface area contributed by atoms with Gasteiger partial charge in [-0.05, 0) is 49.4 Å². The van der Waals surface area contributed by atoms with Crippen molar-refractivity contribution in [3.63, 3.8) is 0 Å². The number of esters is 4. The Labute approximate surface area is 594 Å². The van der Waals surface area contributed by atoms with Crippen LogP contribution in [0.3, 0.4) is 0 Å². The summed E-state index contributed by atoms with van der Waals surface area (Å²) in [5.74, 6) is 1.00. The van der Waals surface area contributed by atoms with Gasteiger partial charge in [0.2, 0.25) is 0 Å². The SMILES string of the molecule is CCC(C)CCCCCCCCCCCCCCCCC(=O)O[C@H](COC(=O)CCCCCCCCCCCCC(C)C)COP(=O)(O)OC[C@@H](O)COP(=O)(O)OC[C@@H](COC(=O)CCCCCCCCC(C)CC)OC(=O)CCCCCCCCCCCCCCCC(C)C. The van der Waals surface area contributed by atoms with E-state index < -0.39 is 97.5 Å². The Morgan fingerprint density at radius 1 is 0.289 bits per heavy atom. The number of hydrogen-bond acceptors (Lipinski definition) is 15. The van der Waals surface area contributed by atoms with Gasteiger partial charge in [0.15, 0.2) is 12.2 Å². The zero-order valence-corrected chi connectivity index (χ0v) is 65.5. The minimum atomic E-state index is -4.96. The molecule has 0 fully saturated rings. The summed E-state index contributed by atoms with van der Waals surface area (Å²) in [5.41, 5.74) is 0. The molecule has 0 aromatic carbocycles. The number of aliphatic hydroxyl groups is 1. The maximum absolute atomic E-state index is 13.1. The molecule has 576 valence electrons. The van der Waals surface area contributed by atoms with Gasteiger partial charge < -0.3 is 33.8 Å². The van der Waals surface area contributed by atoms with Gasteiger partial charge in [-0.3, -0.25) is 37.3 Å². The molecule has 0 aliphatic heterocycles. The molecular weight excluding hydrogens is 1270 g/mol. The molecule has 0 aliphatic carbocycles. The van der Waals surface area contributed by atoms with Gasteiger partial charge in [0.1, 0.15) is 19.3 Å². The van der Waals surface area contributed by atoms with Crippen LogP contribution in [0.5, 0.6) is 0 Å². The zero-order valence-electron chi connectivity index (χ0n) is 63.7. The highest BCUT2D eigenvalue weighted by molar-refractivity contribution is 7.47. The van der Waals surface area contributed by atoms with Crippen LogP contribution in [0.25, 0.3) is 0 Å². The molecule has 4 unspecified atom stereocenters. The molecule has 0 aromatic rings. The fraction of sp³-hybridized carbons (Fsp3) is 0.949. The minimum absolute atomic E-state index is 0.106. The van der Waals surface area contributed by atoms with Gasteiger partial charge >= 0.3 is 39.5 Å². The highest BCUT2D eigenvalue weighted by Gasteiger charge is 2.30. The van der Waals surface area contributed by atoms with E-state index in [9.17, 15) is 43.2 Å². The van der Waals surface area contributed by atoms with E-state index in [0.29, 0.717) is 25.7 Å². The number of carbonyl (C=O) groups is 4. The van der Waals surface area contributed by atoms with Crippen LogP contribution in [0.2, 0.25) is 0 Å². The molecule has 7 atom stereocenters. The normalized spacial score (nSPS) is 14.6. The maximum Gasteiger partial charge on any atom is 0.472 e. The summed E-state index contributed by atoms with van der Waals surface area (Å²) < 4.78 is 68.6. The Balaban J connectivity index is 5.25. The second kappa shape index (κ2) is 67.2. The number of carbonyl (C=O) groups excluding carboxylic acids is 4. The van der Waals surface area contributed by atoms with Crippen molar-refractivity contribution in [2.24, 2.45) is 23.7 Å². The van der Waals surface area contributed by atoms with Crippen LogP contribution in [-0.2, 0) is 65.4 Å². The van der Waals surface area contributed by atoms with Crippen LogP contribution in [0, 0.1) is 23.7 Å². The Kier molecular flexibility index (Phi) is 65.9. The van der Waals surface area contributed by atoms with Gasteiger partial charge in [-0.15, -0.1) is 0 Å². The second-order valence-electron chi connectivity index (χ2n) is 29.5. The maximum atomic E-state index is 13.1. The predicted octanol–water partition coefficient (Wildman–Crippen LogP) is 22.8. The third kappa shape index (κ3) is 69.5. The lowest BCUT2D eigenvalue weighted by atomic mass is 9.99. The summed E-state index contributed by atoms with van der Waals surface area (Å²) in [5, 5.41) is 10.6. The molecular formula is C78H152O17P2. The van der Waals surface area contributed by atoms with E-state index in [0.717, 1.165) is 120 Å². The summed E-state index contributed by atoms with van der Waals surface area (Å²) in [4.78, 5) is 72.9. The van der Waals surface area contributed by atoms with E-state index >= 15 is 0 Å². The molecule has 0 amide bonds. The topological polar surface area (TPSA) is 237 Å². The van der Waals surface area contributed by atoms with Gasteiger partial charge in [0, 0.05) is 25.7 Å². The minimum Gasteiger partial charge on any atom is -0.462 e. The largest absolute Gasteiger partial charge is 0.472 e. The smallest absolute Gasteiger partial charge is 0.462 e. The number of rotatable bonds is 75. The number of phosphoric acid groups is 2. The predicted molar refractivity (Wildman–Crippen MR) is 395 cm³/mol. The first-order chi connectivity index (χ1) is 46.7. The van der Waals surface area contributed by atoms with Crippen LogP contribution >= 0.6 is 15.6 Å². The lowest BCUT2D eigenvalue weighted by Crippen LogP contribution is -2.30. The van der Waals surface area contributed by atoms with Crippen molar-refractivity contribution < 1.29 is 80.2 Å². The van der Waals surface area contributed by atoms with Gasteiger partial charge in [0.25, 0.3) is 0 Å². The van der Waals surface area contributed by atoms with Crippen LogP contribution in [0.15, 0.2) is 0 Å². The standard InChI is InChI=1S/C78H152O17P2/c1-9-70(7)56-48-40-32-26-19-15-11-12-16-20-28-34-44-52-60-77(82)94-73(64-88-75(80)58-50-42-33-27-23-22-25-31-39-47-55-69(5)6)66-92-96(84,85)90-62-72(79)63-91-97(86,87)93-67-74(65-89-76(81)59-51-43-37-36-41-49-57-71(8)10-2)95-78(83)61-53-45-35-29-21-17-13-14-18-24-30-38-46-54-68(3)4/h68-74,79H,9-67H2,1-8H3,(H,84,85)(H,86,87)/t70?,71?,72-,73-,74-/m1/s1. The van der Waals surface area contributed by atoms with Crippen LogP contribution in [0.4, 0.5) is 0 Å². The summed E-state index contributed by atoms with van der Waals surface area (Å²) in [7, 11) is -9.92.